The van der Waals surface area contributed by atoms with Gasteiger partial charge in [-0.25, -0.2) is 9.97 Å². The molecule has 7 heteroatoms. The Morgan fingerprint density at radius 1 is 0.760 bits per heavy atom. The van der Waals surface area contributed by atoms with Crippen molar-refractivity contribution in [3.8, 4) is 0 Å². The highest BCUT2D eigenvalue weighted by Gasteiger charge is 2.22. The molecule has 25 heavy (non-hydrogen) atoms. The van der Waals surface area contributed by atoms with Crippen LogP contribution in [-0.4, -0.2) is 36.1 Å². The number of para-hydroxylation sites is 1. The lowest BCUT2D eigenvalue weighted by Crippen LogP contribution is -2.46. The van der Waals surface area contributed by atoms with E-state index in [0.717, 1.165) is 51.9 Å². The molecule has 1 saturated heterocycles. The van der Waals surface area contributed by atoms with Gasteiger partial charge in [0.2, 0.25) is 0 Å². The second-order valence-corrected chi connectivity index (χ2v) is 8.98. The number of anilines is 2. The van der Waals surface area contributed by atoms with Gasteiger partial charge in [0.1, 0.15) is 0 Å². The van der Waals surface area contributed by atoms with E-state index in [2.05, 4.69) is 68.2 Å². The molecule has 0 radical (unpaired) electrons. The van der Waals surface area contributed by atoms with Crippen LogP contribution in [0.2, 0.25) is 0 Å². The van der Waals surface area contributed by atoms with Crippen LogP contribution in [0.3, 0.4) is 0 Å². The SMILES string of the molecule is Brc1ccc2nc(N3CCN(c4nc5ccccc5s4)CC3)sc2c1. The molecule has 0 unspecified atom stereocenters. The number of hydrogen-bond donors (Lipinski definition) is 0. The molecule has 4 nitrogen and oxygen atoms in total. The third kappa shape index (κ3) is 2.90. The number of rotatable bonds is 2. The number of thiazole rings is 2. The lowest BCUT2D eigenvalue weighted by atomic mass is 10.3. The fourth-order valence-corrected chi connectivity index (χ4v) is 5.69. The Morgan fingerprint density at radius 2 is 1.36 bits per heavy atom. The molecule has 1 aliphatic heterocycles. The first-order valence-corrected chi connectivity index (χ1v) is 10.6. The maximum absolute atomic E-state index is 4.80. The minimum atomic E-state index is 0.983. The normalized spacial score (nSPS) is 15.4. The number of aromatic nitrogens is 2. The number of benzene rings is 2. The van der Waals surface area contributed by atoms with Crippen LogP contribution in [0, 0.1) is 0 Å². The Labute approximate surface area is 161 Å². The Morgan fingerprint density at radius 3 is 2.04 bits per heavy atom. The quantitative estimate of drug-likeness (QED) is 0.448. The lowest BCUT2D eigenvalue weighted by Gasteiger charge is -2.34. The van der Waals surface area contributed by atoms with Crippen molar-refractivity contribution in [2.75, 3.05) is 36.0 Å². The zero-order valence-corrected chi connectivity index (χ0v) is 16.6. The standard InChI is InChI=1S/C18H15BrN4S2/c19-12-5-6-14-16(11-12)25-18(21-14)23-9-7-22(8-10-23)17-20-13-3-1-2-4-15(13)24-17/h1-6,11H,7-10H2. The van der Waals surface area contributed by atoms with Crippen LogP contribution in [0.1, 0.15) is 0 Å². The molecule has 0 spiro atoms. The van der Waals surface area contributed by atoms with Crippen molar-refractivity contribution in [3.05, 3.63) is 46.9 Å². The van der Waals surface area contributed by atoms with E-state index in [1.165, 1.54) is 9.40 Å². The maximum Gasteiger partial charge on any atom is 0.186 e. The van der Waals surface area contributed by atoms with Crippen LogP contribution in [0.25, 0.3) is 20.4 Å². The zero-order valence-electron chi connectivity index (χ0n) is 13.4. The summed E-state index contributed by atoms with van der Waals surface area (Å²) in [7, 11) is 0. The first kappa shape index (κ1) is 15.5. The second-order valence-electron chi connectivity index (χ2n) is 6.05. The predicted octanol–water partition coefficient (Wildman–Crippen LogP) is 5.00. The van der Waals surface area contributed by atoms with Gasteiger partial charge < -0.3 is 9.80 Å². The molecule has 5 rings (SSSR count). The average molecular weight is 431 g/mol. The van der Waals surface area contributed by atoms with Crippen molar-refractivity contribution in [1.82, 2.24) is 9.97 Å². The Balaban J connectivity index is 1.34. The molecule has 0 N–H and O–H groups in total. The van der Waals surface area contributed by atoms with Crippen molar-refractivity contribution in [3.63, 3.8) is 0 Å². The summed E-state index contributed by atoms with van der Waals surface area (Å²) in [5.41, 5.74) is 2.18. The van der Waals surface area contributed by atoms with Gasteiger partial charge in [0.15, 0.2) is 10.3 Å². The molecule has 1 fully saturated rings. The highest BCUT2D eigenvalue weighted by Crippen LogP contribution is 2.33. The van der Waals surface area contributed by atoms with Gasteiger partial charge in [-0.2, -0.15) is 0 Å². The first-order valence-electron chi connectivity index (χ1n) is 8.18. The predicted molar refractivity (Wildman–Crippen MR) is 111 cm³/mol. The van der Waals surface area contributed by atoms with E-state index >= 15 is 0 Å². The van der Waals surface area contributed by atoms with Gasteiger partial charge in [-0.05, 0) is 30.3 Å². The van der Waals surface area contributed by atoms with Crippen molar-refractivity contribution in [1.29, 1.82) is 0 Å². The van der Waals surface area contributed by atoms with Crippen LogP contribution in [0.4, 0.5) is 10.3 Å². The minimum absolute atomic E-state index is 0.983. The molecule has 126 valence electrons. The molecular formula is C18H15BrN4S2. The summed E-state index contributed by atoms with van der Waals surface area (Å²) in [5.74, 6) is 0. The van der Waals surface area contributed by atoms with E-state index < -0.39 is 0 Å². The van der Waals surface area contributed by atoms with Crippen LogP contribution in [-0.2, 0) is 0 Å². The third-order valence-electron chi connectivity index (χ3n) is 4.44. The van der Waals surface area contributed by atoms with Crippen LogP contribution < -0.4 is 9.80 Å². The van der Waals surface area contributed by atoms with Gasteiger partial charge in [0.25, 0.3) is 0 Å². The molecule has 1 aliphatic rings. The van der Waals surface area contributed by atoms with Crippen molar-refractivity contribution in [2.45, 2.75) is 0 Å². The van der Waals surface area contributed by atoms with Gasteiger partial charge in [-0.1, -0.05) is 50.7 Å². The van der Waals surface area contributed by atoms with E-state index in [4.69, 9.17) is 9.97 Å². The van der Waals surface area contributed by atoms with Gasteiger partial charge in [-0.15, -0.1) is 0 Å². The number of halogens is 1. The minimum Gasteiger partial charge on any atom is -0.345 e. The summed E-state index contributed by atoms with van der Waals surface area (Å²) >= 11 is 7.10. The molecule has 4 aromatic rings. The van der Waals surface area contributed by atoms with Crippen molar-refractivity contribution in [2.24, 2.45) is 0 Å². The van der Waals surface area contributed by atoms with Crippen molar-refractivity contribution < 1.29 is 0 Å². The summed E-state index contributed by atoms with van der Waals surface area (Å²) in [6.45, 7) is 3.94. The van der Waals surface area contributed by atoms with Gasteiger partial charge in [0.05, 0.1) is 20.4 Å². The van der Waals surface area contributed by atoms with E-state index in [1.807, 2.05) is 0 Å². The maximum atomic E-state index is 4.80. The first-order chi connectivity index (χ1) is 12.3. The summed E-state index contributed by atoms with van der Waals surface area (Å²) < 4.78 is 3.60. The highest BCUT2D eigenvalue weighted by molar-refractivity contribution is 9.10. The fourth-order valence-electron chi connectivity index (χ4n) is 3.11. The molecule has 0 aliphatic carbocycles. The molecule has 0 amide bonds. The van der Waals surface area contributed by atoms with Crippen LogP contribution in [0.5, 0.6) is 0 Å². The van der Waals surface area contributed by atoms with Crippen LogP contribution in [0.15, 0.2) is 46.9 Å². The molecule has 0 bridgehead atoms. The number of piperazine rings is 1. The van der Waals surface area contributed by atoms with Gasteiger partial charge >= 0.3 is 0 Å². The van der Waals surface area contributed by atoms with Crippen LogP contribution >= 0.6 is 38.6 Å². The van der Waals surface area contributed by atoms with E-state index in [0.29, 0.717) is 0 Å². The number of nitrogens with zero attached hydrogens (tertiary/aromatic N) is 4. The molecule has 2 aromatic carbocycles. The van der Waals surface area contributed by atoms with Crippen molar-refractivity contribution >= 4 is 69.3 Å². The highest BCUT2D eigenvalue weighted by atomic mass is 79.9. The average Bonchev–Trinajstić information content (AvgIpc) is 3.25. The summed E-state index contributed by atoms with van der Waals surface area (Å²) in [6, 6.07) is 14.6. The zero-order chi connectivity index (χ0) is 16.8. The summed E-state index contributed by atoms with van der Waals surface area (Å²) in [6.07, 6.45) is 0. The monoisotopic (exact) mass is 430 g/mol. The smallest absolute Gasteiger partial charge is 0.186 e. The third-order valence-corrected chi connectivity index (χ3v) is 7.11. The largest absolute Gasteiger partial charge is 0.345 e. The summed E-state index contributed by atoms with van der Waals surface area (Å²) in [4.78, 5) is 14.4. The van der Waals surface area contributed by atoms with Gasteiger partial charge in [-0.3, -0.25) is 0 Å². The Kier molecular flexibility index (Phi) is 3.87. The number of fused-ring (bicyclic) bond motifs is 2. The second kappa shape index (κ2) is 6.23. The number of hydrogen-bond acceptors (Lipinski definition) is 6. The summed E-state index contributed by atoms with van der Waals surface area (Å²) in [5, 5.41) is 2.26. The lowest BCUT2D eigenvalue weighted by molar-refractivity contribution is 0.651. The van der Waals surface area contributed by atoms with E-state index in [1.54, 1.807) is 22.7 Å². The fraction of sp³-hybridized carbons (Fsp3) is 0.222. The molecule has 2 aromatic heterocycles. The molecule has 3 heterocycles. The Bertz CT molecular complexity index is 1020. The molecular weight excluding hydrogens is 416 g/mol. The van der Waals surface area contributed by atoms with E-state index in [-0.39, 0.29) is 0 Å². The van der Waals surface area contributed by atoms with E-state index in [9.17, 15) is 0 Å². The topological polar surface area (TPSA) is 32.3 Å². The van der Waals surface area contributed by atoms with Gasteiger partial charge in [0, 0.05) is 30.7 Å². The molecule has 0 saturated carbocycles. The molecule has 0 atom stereocenters. The Hall–Kier alpha value is -1.70.